The Kier molecular flexibility index (Phi) is 1.08. The van der Waals surface area contributed by atoms with Crippen molar-refractivity contribution < 1.29 is 9.47 Å². The molecule has 0 amide bonds. The predicted octanol–water partition coefficient (Wildman–Crippen LogP) is 0.954. The summed E-state index contributed by atoms with van der Waals surface area (Å²) in [6.07, 6.45) is 4.02. The van der Waals surface area contributed by atoms with E-state index in [1.165, 1.54) is 12.8 Å². The van der Waals surface area contributed by atoms with Crippen LogP contribution in [0.4, 0.5) is 0 Å². The quantitative estimate of drug-likeness (QED) is 0.523. The molecule has 2 nitrogen and oxygen atoms in total. The van der Waals surface area contributed by atoms with Crippen LogP contribution >= 0.6 is 0 Å². The van der Waals surface area contributed by atoms with Gasteiger partial charge in [0.1, 0.15) is 0 Å². The molecule has 0 radical (unpaired) electrons. The SMILES string of the molecule is COC1COC2(CC2)C1. The van der Waals surface area contributed by atoms with Gasteiger partial charge < -0.3 is 9.47 Å². The lowest BCUT2D eigenvalue weighted by Crippen LogP contribution is -2.09. The Balaban J connectivity index is 1.93. The molecule has 1 saturated heterocycles. The van der Waals surface area contributed by atoms with E-state index < -0.39 is 0 Å². The topological polar surface area (TPSA) is 18.5 Å². The van der Waals surface area contributed by atoms with Crippen LogP contribution < -0.4 is 0 Å². The van der Waals surface area contributed by atoms with Crippen molar-refractivity contribution in [1.29, 1.82) is 0 Å². The van der Waals surface area contributed by atoms with Gasteiger partial charge in [0.2, 0.25) is 0 Å². The maximum atomic E-state index is 5.53. The minimum absolute atomic E-state index is 0.292. The van der Waals surface area contributed by atoms with Crippen molar-refractivity contribution in [2.75, 3.05) is 13.7 Å². The van der Waals surface area contributed by atoms with E-state index in [4.69, 9.17) is 9.47 Å². The molecule has 0 bridgehead atoms. The lowest BCUT2D eigenvalue weighted by Gasteiger charge is -2.02. The third kappa shape index (κ3) is 0.864. The second-order valence-corrected chi connectivity index (χ2v) is 3.06. The summed E-state index contributed by atoms with van der Waals surface area (Å²) in [5.74, 6) is 0. The lowest BCUT2D eigenvalue weighted by molar-refractivity contribution is 0.0590. The summed E-state index contributed by atoms with van der Waals surface area (Å²) < 4.78 is 10.7. The van der Waals surface area contributed by atoms with E-state index in [1.807, 2.05) is 0 Å². The molecule has 1 aliphatic carbocycles. The van der Waals surface area contributed by atoms with Gasteiger partial charge in [0, 0.05) is 13.5 Å². The van der Waals surface area contributed by atoms with E-state index in [0.717, 1.165) is 13.0 Å². The molecule has 1 spiro atoms. The summed E-state index contributed by atoms with van der Waals surface area (Å²) in [7, 11) is 1.76. The molecule has 1 saturated carbocycles. The third-order valence-electron chi connectivity index (χ3n) is 2.32. The molecule has 2 rings (SSSR count). The van der Waals surface area contributed by atoms with Crippen molar-refractivity contribution in [3.8, 4) is 0 Å². The van der Waals surface area contributed by atoms with Gasteiger partial charge in [0.25, 0.3) is 0 Å². The number of hydrogen-bond acceptors (Lipinski definition) is 2. The maximum Gasteiger partial charge on any atom is 0.0832 e. The van der Waals surface area contributed by atoms with E-state index in [0.29, 0.717) is 11.7 Å². The fourth-order valence-electron chi connectivity index (χ4n) is 1.44. The lowest BCUT2D eigenvalue weighted by atomic mass is 10.2. The van der Waals surface area contributed by atoms with Gasteiger partial charge in [0.15, 0.2) is 0 Å². The Morgan fingerprint density at radius 2 is 2.33 bits per heavy atom. The van der Waals surface area contributed by atoms with Crippen LogP contribution in [-0.4, -0.2) is 25.4 Å². The molecule has 1 aliphatic heterocycles. The monoisotopic (exact) mass is 128 g/mol. The molecule has 9 heavy (non-hydrogen) atoms. The van der Waals surface area contributed by atoms with Crippen LogP contribution in [0.3, 0.4) is 0 Å². The first-order chi connectivity index (χ1) is 4.35. The number of methoxy groups -OCH3 is 1. The second kappa shape index (κ2) is 1.70. The Bertz CT molecular complexity index is 118. The zero-order valence-corrected chi connectivity index (χ0v) is 5.72. The largest absolute Gasteiger partial charge is 0.379 e. The number of hydrogen-bond donors (Lipinski definition) is 0. The van der Waals surface area contributed by atoms with Crippen molar-refractivity contribution in [3.63, 3.8) is 0 Å². The molecule has 0 N–H and O–H groups in total. The first kappa shape index (κ1) is 5.69. The normalized spacial score (nSPS) is 37.7. The highest BCUT2D eigenvalue weighted by Gasteiger charge is 2.50. The summed E-state index contributed by atoms with van der Waals surface area (Å²) >= 11 is 0. The summed E-state index contributed by atoms with van der Waals surface area (Å²) in [6.45, 7) is 0.816. The van der Waals surface area contributed by atoms with E-state index in [-0.39, 0.29) is 0 Å². The Morgan fingerprint density at radius 3 is 2.67 bits per heavy atom. The van der Waals surface area contributed by atoms with E-state index in [1.54, 1.807) is 7.11 Å². The van der Waals surface area contributed by atoms with Crippen molar-refractivity contribution in [2.45, 2.75) is 31.0 Å². The number of ether oxygens (including phenoxy) is 2. The van der Waals surface area contributed by atoms with Gasteiger partial charge in [-0.1, -0.05) is 0 Å². The molecule has 2 aliphatic rings. The first-order valence-corrected chi connectivity index (χ1v) is 3.51. The van der Waals surface area contributed by atoms with Crippen LogP contribution in [0.25, 0.3) is 0 Å². The van der Waals surface area contributed by atoms with Crippen LogP contribution in [0.15, 0.2) is 0 Å². The molecule has 52 valence electrons. The summed E-state index contributed by atoms with van der Waals surface area (Å²) in [6, 6.07) is 0. The van der Waals surface area contributed by atoms with E-state index in [9.17, 15) is 0 Å². The molecule has 1 heterocycles. The average Bonchev–Trinajstić information content (AvgIpc) is 2.44. The van der Waals surface area contributed by atoms with Crippen LogP contribution in [0.1, 0.15) is 19.3 Å². The molecule has 0 aromatic rings. The molecule has 2 fully saturated rings. The van der Waals surface area contributed by atoms with Gasteiger partial charge in [-0.15, -0.1) is 0 Å². The molecular formula is C7H12O2. The van der Waals surface area contributed by atoms with E-state index in [2.05, 4.69) is 0 Å². The van der Waals surface area contributed by atoms with Crippen LogP contribution in [0.5, 0.6) is 0 Å². The molecule has 1 unspecified atom stereocenters. The minimum Gasteiger partial charge on any atom is -0.379 e. The van der Waals surface area contributed by atoms with Gasteiger partial charge >= 0.3 is 0 Å². The van der Waals surface area contributed by atoms with Crippen molar-refractivity contribution in [1.82, 2.24) is 0 Å². The molecule has 0 aromatic carbocycles. The number of rotatable bonds is 1. The molecule has 2 heteroatoms. The van der Waals surface area contributed by atoms with Crippen LogP contribution in [0, 0.1) is 0 Å². The van der Waals surface area contributed by atoms with Crippen molar-refractivity contribution in [3.05, 3.63) is 0 Å². The van der Waals surface area contributed by atoms with Gasteiger partial charge in [-0.25, -0.2) is 0 Å². The summed E-state index contributed by atoms with van der Waals surface area (Å²) in [5, 5.41) is 0. The fraction of sp³-hybridized carbons (Fsp3) is 1.00. The first-order valence-electron chi connectivity index (χ1n) is 3.51. The Hall–Kier alpha value is -0.0800. The molecule has 0 aromatic heterocycles. The van der Waals surface area contributed by atoms with Crippen LogP contribution in [0.2, 0.25) is 0 Å². The zero-order valence-electron chi connectivity index (χ0n) is 5.72. The Labute approximate surface area is 55.1 Å². The highest BCUT2D eigenvalue weighted by molar-refractivity contribution is 5.01. The van der Waals surface area contributed by atoms with Gasteiger partial charge in [-0.2, -0.15) is 0 Å². The minimum atomic E-state index is 0.292. The van der Waals surface area contributed by atoms with E-state index >= 15 is 0 Å². The van der Waals surface area contributed by atoms with Gasteiger partial charge in [0.05, 0.1) is 18.3 Å². The second-order valence-electron chi connectivity index (χ2n) is 3.06. The van der Waals surface area contributed by atoms with Crippen molar-refractivity contribution >= 4 is 0 Å². The maximum absolute atomic E-state index is 5.53. The fourth-order valence-corrected chi connectivity index (χ4v) is 1.44. The Morgan fingerprint density at radius 1 is 1.56 bits per heavy atom. The highest BCUT2D eigenvalue weighted by Crippen LogP contribution is 2.47. The van der Waals surface area contributed by atoms with Crippen molar-refractivity contribution in [2.24, 2.45) is 0 Å². The summed E-state index contributed by atoms with van der Waals surface area (Å²) in [5.41, 5.74) is 0.292. The zero-order chi connectivity index (χ0) is 6.32. The third-order valence-corrected chi connectivity index (χ3v) is 2.32. The molecular weight excluding hydrogens is 116 g/mol. The predicted molar refractivity (Wildman–Crippen MR) is 33.3 cm³/mol. The van der Waals surface area contributed by atoms with Gasteiger partial charge in [-0.3, -0.25) is 0 Å². The van der Waals surface area contributed by atoms with Crippen LogP contribution in [-0.2, 0) is 9.47 Å². The highest BCUT2D eigenvalue weighted by atomic mass is 16.6. The molecule has 1 atom stereocenters. The summed E-state index contributed by atoms with van der Waals surface area (Å²) in [4.78, 5) is 0. The average molecular weight is 128 g/mol. The van der Waals surface area contributed by atoms with Gasteiger partial charge in [-0.05, 0) is 12.8 Å². The smallest absolute Gasteiger partial charge is 0.0832 e. The standard InChI is InChI=1S/C7H12O2/c1-8-6-4-7(2-3-7)9-5-6/h6H,2-5H2,1H3.